The first-order valence-electron chi connectivity index (χ1n) is 10.4. The fourth-order valence-electron chi connectivity index (χ4n) is 5.04. The number of ether oxygens (including phenoxy) is 2. The minimum Gasteiger partial charge on any atom is -0.468 e. The number of aromatic nitrogens is 1. The number of hydrogen-bond acceptors (Lipinski definition) is 7. The molecular formula is C24H27N3O5. The predicted molar refractivity (Wildman–Crippen MR) is 120 cm³/mol. The van der Waals surface area contributed by atoms with E-state index in [2.05, 4.69) is 26.8 Å². The molecule has 2 heterocycles. The Kier molecular flexibility index (Phi) is 6.03. The van der Waals surface area contributed by atoms with Crippen molar-refractivity contribution in [2.75, 3.05) is 27.9 Å². The monoisotopic (exact) mass is 437 g/mol. The first kappa shape index (κ1) is 21.7. The number of fused-ring (bicyclic) bond motifs is 6. The van der Waals surface area contributed by atoms with E-state index in [-0.39, 0.29) is 17.9 Å². The molecule has 2 bridgehead atoms. The van der Waals surface area contributed by atoms with E-state index in [4.69, 9.17) is 14.3 Å². The molecule has 2 aromatic rings. The van der Waals surface area contributed by atoms with Gasteiger partial charge in [-0.15, -0.1) is 0 Å². The Balaban J connectivity index is 1.92. The summed E-state index contributed by atoms with van der Waals surface area (Å²) in [5.74, 6) is -1.35. The average Bonchev–Trinajstić information content (AvgIpc) is 3.11. The van der Waals surface area contributed by atoms with Crippen LogP contribution in [0.2, 0.25) is 0 Å². The van der Waals surface area contributed by atoms with Crippen LogP contribution < -0.4 is 0 Å². The Bertz CT molecular complexity index is 1130. The third-order valence-corrected chi connectivity index (χ3v) is 6.38. The van der Waals surface area contributed by atoms with E-state index in [1.807, 2.05) is 25.4 Å². The summed E-state index contributed by atoms with van der Waals surface area (Å²) in [6.45, 7) is 0.520. The van der Waals surface area contributed by atoms with Gasteiger partial charge in [-0.3, -0.25) is 4.79 Å². The number of nitrogens with zero attached hydrogens (tertiary/aromatic N) is 3. The highest BCUT2D eigenvalue weighted by Gasteiger charge is 2.47. The second kappa shape index (κ2) is 8.90. The maximum atomic E-state index is 13.1. The summed E-state index contributed by atoms with van der Waals surface area (Å²) in [6, 6.07) is 8.22. The molecule has 1 aliphatic heterocycles. The second-order valence-corrected chi connectivity index (χ2v) is 7.89. The molecular weight excluding hydrogens is 410 g/mol. The van der Waals surface area contributed by atoms with Crippen LogP contribution in [-0.2, 0) is 30.9 Å². The molecule has 4 rings (SSSR count). The fraction of sp³-hybridized carbons (Fsp3) is 0.375. The Hall–Kier alpha value is -3.55. The third-order valence-electron chi connectivity index (χ3n) is 6.38. The number of hydrogen-bond donors (Lipinski definition) is 0. The SMILES string of the molecule is CO/N=C/CN1C=C(/C=C/C(=O)OC)[C@@H]2C[C@H]1c1c(n(C)c3ccccc13)[C@H]2C(=O)OC. The van der Waals surface area contributed by atoms with Crippen molar-refractivity contribution in [1.82, 2.24) is 9.47 Å². The van der Waals surface area contributed by atoms with Gasteiger partial charge in [0.15, 0.2) is 0 Å². The van der Waals surface area contributed by atoms with E-state index in [1.54, 1.807) is 12.3 Å². The van der Waals surface area contributed by atoms with Crippen LogP contribution in [0.1, 0.15) is 29.6 Å². The number of benzene rings is 1. The Labute approximate surface area is 186 Å². The zero-order valence-electron chi connectivity index (χ0n) is 18.6. The lowest BCUT2D eigenvalue weighted by molar-refractivity contribution is -0.144. The first-order valence-corrected chi connectivity index (χ1v) is 10.4. The van der Waals surface area contributed by atoms with Gasteiger partial charge in [0.05, 0.1) is 33.0 Å². The Morgan fingerprint density at radius 1 is 1.19 bits per heavy atom. The highest BCUT2D eigenvalue weighted by atomic mass is 16.6. The van der Waals surface area contributed by atoms with Crippen LogP contribution in [0, 0.1) is 5.92 Å². The molecule has 3 atom stereocenters. The standard InChI is InChI=1S/C24H27N3O5/c1-26-18-8-6-5-7-16(18)21-19-13-17(22(23(21)26)24(29)31-3)15(9-10-20(28)30-2)14-27(19)12-11-25-32-4/h5-11,14,17,19,22H,12-13H2,1-4H3/b10-9+,25-11+/t17-,19-,22-/m0/s1. The summed E-state index contributed by atoms with van der Waals surface area (Å²) < 4.78 is 12.1. The van der Waals surface area contributed by atoms with E-state index in [0.29, 0.717) is 13.0 Å². The molecule has 0 amide bonds. The molecule has 32 heavy (non-hydrogen) atoms. The molecule has 1 aliphatic carbocycles. The van der Waals surface area contributed by atoms with Crippen molar-refractivity contribution in [3.8, 4) is 0 Å². The van der Waals surface area contributed by atoms with Crippen molar-refractivity contribution in [2.24, 2.45) is 18.1 Å². The first-order chi connectivity index (χ1) is 15.5. The van der Waals surface area contributed by atoms with Crippen molar-refractivity contribution >= 4 is 29.1 Å². The van der Waals surface area contributed by atoms with Crippen molar-refractivity contribution < 1.29 is 23.9 Å². The van der Waals surface area contributed by atoms with Gasteiger partial charge in [0.25, 0.3) is 0 Å². The minimum absolute atomic E-state index is 0.0422. The van der Waals surface area contributed by atoms with E-state index in [0.717, 1.165) is 27.7 Å². The van der Waals surface area contributed by atoms with Crippen molar-refractivity contribution in [3.05, 3.63) is 59.4 Å². The predicted octanol–water partition coefficient (Wildman–Crippen LogP) is 3.06. The smallest absolute Gasteiger partial charge is 0.330 e. The van der Waals surface area contributed by atoms with Gasteiger partial charge in [-0.1, -0.05) is 29.4 Å². The summed E-state index contributed by atoms with van der Waals surface area (Å²) in [5, 5.41) is 5.02. The average molecular weight is 437 g/mol. The van der Waals surface area contributed by atoms with E-state index < -0.39 is 11.9 Å². The summed E-state index contributed by atoms with van der Waals surface area (Å²) in [4.78, 5) is 31.9. The number of carbonyl (C=O) groups is 2. The van der Waals surface area contributed by atoms with Gasteiger partial charge in [-0.05, 0) is 18.1 Å². The van der Waals surface area contributed by atoms with Gasteiger partial charge in [-0.2, -0.15) is 0 Å². The number of methoxy groups -OCH3 is 2. The maximum Gasteiger partial charge on any atom is 0.330 e. The summed E-state index contributed by atoms with van der Waals surface area (Å²) >= 11 is 0. The van der Waals surface area contributed by atoms with Gasteiger partial charge in [0.2, 0.25) is 0 Å². The molecule has 0 saturated heterocycles. The fourth-order valence-corrected chi connectivity index (χ4v) is 5.04. The minimum atomic E-state index is -0.480. The van der Waals surface area contributed by atoms with Crippen LogP contribution in [0.15, 0.2) is 53.3 Å². The number of para-hydroxylation sites is 1. The van der Waals surface area contributed by atoms with E-state index in [1.165, 1.54) is 27.4 Å². The van der Waals surface area contributed by atoms with Gasteiger partial charge >= 0.3 is 11.9 Å². The summed E-state index contributed by atoms with van der Waals surface area (Å²) in [7, 11) is 6.25. The van der Waals surface area contributed by atoms with Crippen molar-refractivity contribution in [1.29, 1.82) is 0 Å². The van der Waals surface area contributed by atoms with Gasteiger partial charge in [0, 0.05) is 47.4 Å². The number of aryl methyl sites for hydroxylation is 1. The number of esters is 2. The van der Waals surface area contributed by atoms with Crippen LogP contribution in [0.25, 0.3) is 10.9 Å². The largest absolute Gasteiger partial charge is 0.468 e. The summed E-state index contributed by atoms with van der Waals surface area (Å²) in [6.07, 6.45) is 7.53. The molecule has 2 aliphatic rings. The Morgan fingerprint density at radius 3 is 2.69 bits per heavy atom. The molecule has 0 fully saturated rings. The van der Waals surface area contributed by atoms with Crippen molar-refractivity contribution in [2.45, 2.75) is 18.4 Å². The molecule has 168 valence electrons. The molecule has 0 spiro atoms. The number of allylic oxidation sites excluding steroid dienone is 2. The molecule has 1 aromatic heterocycles. The van der Waals surface area contributed by atoms with Crippen LogP contribution in [0.4, 0.5) is 0 Å². The highest BCUT2D eigenvalue weighted by molar-refractivity contribution is 5.91. The van der Waals surface area contributed by atoms with Gasteiger partial charge in [-0.25, -0.2) is 4.79 Å². The van der Waals surface area contributed by atoms with Crippen LogP contribution in [0.5, 0.6) is 0 Å². The van der Waals surface area contributed by atoms with Gasteiger partial charge in [0.1, 0.15) is 13.0 Å². The molecule has 1 aromatic carbocycles. The molecule has 8 heteroatoms. The van der Waals surface area contributed by atoms with Crippen LogP contribution >= 0.6 is 0 Å². The highest BCUT2D eigenvalue weighted by Crippen LogP contribution is 2.53. The van der Waals surface area contributed by atoms with Crippen LogP contribution in [0.3, 0.4) is 0 Å². The molecule has 0 unspecified atom stereocenters. The zero-order valence-corrected chi connectivity index (χ0v) is 18.6. The van der Waals surface area contributed by atoms with Crippen molar-refractivity contribution in [3.63, 3.8) is 0 Å². The third kappa shape index (κ3) is 3.55. The normalized spacial score (nSPS) is 22.2. The molecule has 0 saturated carbocycles. The molecule has 8 nitrogen and oxygen atoms in total. The quantitative estimate of drug-likeness (QED) is 0.299. The summed E-state index contributed by atoms with van der Waals surface area (Å²) in [5.41, 5.74) is 4.01. The van der Waals surface area contributed by atoms with E-state index in [9.17, 15) is 9.59 Å². The number of oxime groups is 1. The lowest BCUT2D eigenvalue weighted by Gasteiger charge is -2.45. The van der Waals surface area contributed by atoms with E-state index >= 15 is 0 Å². The number of carbonyl (C=O) groups excluding carboxylic acids is 2. The Morgan fingerprint density at radius 2 is 1.97 bits per heavy atom. The van der Waals surface area contributed by atoms with Gasteiger partial charge < -0.3 is 23.8 Å². The lowest BCUT2D eigenvalue weighted by Crippen LogP contribution is -2.41. The zero-order chi connectivity index (χ0) is 22.8. The topological polar surface area (TPSA) is 82.4 Å². The molecule has 0 N–H and O–H groups in total. The number of rotatable bonds is 6. The molecule has 0 radical (unpaired) electrons. The lowest BCUT2D eigenvalue weighted by atomic mass is 9.69. The van der Waals surface area contributed by atoms with Crippen LogP contribution in [-0.4, -0.2) is 55.5 Å². The maximum absolute atomic E-state index is 13.1. The second-order valence-electron chi connectivity index (χ2n) is 7.89.